The molecule has 0 unspecified atom stereocenters. The van der Waals surface area contributed by atoms with E-state index in [2.05, 4.69) is 21.2 Å². The quantitative estimate of drug-likeness (QED) is 0.599. The summed E-state index contributed by atoms with van der Waals surface area (Å²) in [5, 5.41) is 13.7. The predicted molar refractivity (Wildman–Crippen MR) is 96.8 cm³/mol. The van der Waals surface area contributed by atoms with E-state index in [1.807, 2.05) is 36.2 Å². The summed E-state index contributed by atoms with van der Waals surface area (Å²) < 4.78 is 0.996. The molecule has 0 radical (unpaired) electrons. The summed E-state index contributed by atoms with van der Waals surface area (Å²) in [5.41, 5.74) is 1.16. The lowest BCUT2D eigenvalue weighted by Gasteiger charge is -2.24. The molecule has 24 heavy (non-hydrogen) atoms. The molecule has 1 N–H and O–H groups in total. The van der Waals surface area contributed by atoms with Crippen molar-refractivity contribution in [2.75, 3.05) is 12.4 Å². The zero-order chi connectivity index (χ0) is 17.7. The molecule has 0 aromatic heterocycles. The Hall–Kier alpha value is -2.25. The lowest BCUT2D eigenvalue weighted by Crippen LogP contribution is -2.39. The van der Waals surface area contributed by atoms with Crippen LogP contribution < -0.4 is 5.32 Å². The normalized spacial score (nSPS) is 12.0. The average Bonchev–Trinajstić information content (AvgIpc) is 2.56. The first kappa shape index (κ1) is 18.1. The molecular formula is C17H18BrN3O3. The molecule has 1 amide bonds. The van der Waals surface area contributed by atoms with E-state index in [0.717, 1.165) is 10.0 Å². The Bertz CT molecular complexity index is 734. The second-order valence-corrected chi connectivity index (χ2v) is 6.40. The summed E-state index contributed by atoms with van der Waals surface area (Å²) in [4.78, 5) is 24.8. The maximum Gasteiger partial charge on any atom is 0.292 e. The van der Waals surface area contributed by atoms with Crippen molar-refractivity contribution in [1.82, 2.24) is 4.90 Å². The fraction of sp³-hybridized carbons (Fsp3) is 0.235. The van der Waals surface area contributed by atoms with Gasteiger partial charge in [-0.2, -0.15) is 0 Å². The van der Waals surface area contributed by atoms with E-state index >= 15 is 0 Å². The van der Waals surface area contributed by atoms with Gasteiger partial charge in [-0.05, 0) is 37.7 Å². The monoisotopic (exact) mass is 391 g/mol. The van der Waals surface area contributed by atoms with Crippen molar-refractivity contribution >= 4 is 33.2 Å². The topological polar surface area (TPSA) is 75.5 Å². The summed E-state index contributed by atoms with van der Waals surface area (Å²) in [6.07, 6.45) is 0. The number of rotatable bonds is 6. The van der Waals surface area contributed by atoms with Gasteiger partial charge in [-0.25, -0.2) is 0 Å². The third-order valence-electron chi connectivity index (χ3n) is 3.74. The molecule has 7 heteroatoms. The van der Waals surface area contributed by atoms with Gasteiger partial charge >= 0.3 is 0 Å². The zero-order valence-electron chi connectivity index (χ0n) is 13.4. The highest BCUT2D eigenvalue weighted by Crippen LogP contribution is 2.23. The molecule has 0 fully saturated rings. The van der Waals surface area contributed by atoms with Crippen LogP contribution in [0, 0.1) is 10.1 Å². The third kappa shape index (κ3) is 4.62. The third-order valence-corrected chi connectivity index (χ3v) is 4.27. The fourth-order valence-electron chi connectivity index (χ4n) is 2.19. The van der Waals surface area contributed by atoms with Gasteiger partial charge in [0.15, 0.2) is 0 Å². The van der Waals surface area contributed by atoms with E-state index in [4.69, 9.17) is 0 Å². The number of anilines is 1. The summed E-state index contributed by atoms with van der Waals surface area (Å²) in [7, 11) is 1.84. The van der Waals surface area contributed by atoms with Gasteiger partial charge in [0.25, 0.3) is 5.69 Å². The van der Waals surface area contributed by atoms with Crippen LogP contribution in [0.15, 0.2) is 53.0 Å². The van der Waals surface area contributed by atoms with Crippen molar-refractivity contribution < 1.29 is 9.72 Å². The Kier molecular flexibility index (Phi) is 6.05. The van der Waals surface area contributed by atoms with Gasteiger partial charge < -0.3 is 5.32 Å². The Morgan fingerprint density at radius 1 is 1.25 bits per heavy atom. The largest absolute Gasteiger partial charge is 0.319 e. The van der Waals surface area contributed by atoms with Crippen molar-refractivity contribution in [3.63, 3.8) is 0 Å². The lowest BCUT2D eigenvalue weighted by atomic mass is 10.2. The lowest BCUT2D eigenvalue weighted by molar-refractivity contribution is -0.383. The molecule has 0 aliphatic rings. The second-order valence-electron chi connectivity index (χ2n) is 5.48. The molecule has 0 spiro atoms. The highest BCUT2D eigenvalue weighted by molar-refractivity contribution is 9.10. The van der Waals surface area contributed by atoms with E-state index in [1.54, 1.807) is 19.1 Å². The summed E-state index contributed by atoms with van der Waals surface area (Å²) in [6.45, 7) is 2.36. The van der Waals surface area contributed by atoms with Gasteiger partial charge in [0, 0.05) is 17.1 Å². The minimum absolute atomic E-state index is 0.117. The Labute approximate surface area is 148 Å². The van der Waals surface area contributed by atoms with Crippen LogP contribution in [0.25, 0.3) is 0 Å². The molecule has 0 heterocycles. The van der Waals surface area contributed by atoms with Gasteiger partial charge in [-0.3, -0.25) is 19.8 Å². The number of carbonyl (C=O) groups excluding carboxylic acids is 1. The highest BCUT2D eigenvalue weighted by atomic mass is 79.9. The molecule has 2 rings (SSSR count). The minimum atomic E-state index is -0.508. The molecule has 126 valence electrons. The van der Waals surface area contributed by atoms with Crippen molar-refractivity contribution in [3.8, 4) is 0 Å². The number of nitro benzene ring substituents is 1. The van der Waals surface area contributed by atoms with Crippen molar-refractivity contribution in [1.29, 1.82) is 0 Å². The smallest absolute Gasteiger partial charge is 0.292 e. The molecular weight excluding hydrogens is 374 g/mol. The standard InChI is InChI=1S/C17H18BrN3O3/c1-12(20(2)11-13-7-9-14(18)10-8-13)17(22)19-15-5-3-4-6-16(15)21(23)24/h3-10,12H,11H2,1-2H3,(H,19,22)/t12-/m1/s1. The number of nitrogens with zero attached hydrogens (tertiary/aromatic N) is 2. The van der Waals surface area contributed by atoms with Crippen LogP contribution in [0.2, 0.25) is 0 Å². The number of para-hydroxylation sites is 2. The van der Waals surface area contributed by atoms with E-state index in [-0.39, 0.29) is 17.3 Å². The predicted octanol–water partition coefficient (Wildman–Crippen LogP) is 3.82. The van der Waals surface area contributed by atoms with E-state index in [9.17, 15) is 14.9 Å². The summed E-state index contributed by atoms with van der Waals surface area (Å²) in [6, 6.07) is 13.5. The van der Waals surface area contributed by atoms with Crippen LogP contribution in [0.1, 0.15) is 12.5 Å². The maximum atomic E-state index is 12.4. The number of benzene rings is 2. The molecule has 0 aliphatic heterocycles. The number of amides is 1. The SMILES string of the molecule is C[C@H](C(=O)Nc1ccccc1[N+](=O)[O-])N(C)Cc1ccc(Br)cc1. The van der Waals surface area contributed by atoms with Gasteiger partial charge in [-0.1, -0.05) is 40.2 Å². The average molecular weight is 392 g/mol. The van der Waals surface area contributed by atoms with Crippen LogP contribution in [0.3, 0.4) is 0 Å². The molecule has 0 saturated carbocycles. The molecule has 6 nitrogen and oxygen atoms in total. The molecule has 0 saturated heterocycles. The number of nitro groups is 1. The van der Waals surface area contributed by atoms with Gasteiger partial charge in [0.2, 0.25) is 5.91 Å². The number of hydrogen-bond acceptors (Lipinski definition) is 4. The van der Waals surface area contributed by atoms with E-state index < -0.39 is 11.0 Å². The second kappa shape index (κ2) is 8.03. The fourth-order valence-corrected chi connectivity index (χ4v) is 2.45. The molecule has 1 atom stereocenters. The molecule has 2 aromatic carbocycles. The van der Waals surface area contributed by atoms with Gasteiger partial charge in [-0.15, -0.1) is 0 Å². The molecule has 2 aromatic rings. The van der Waals surface area contributed by atoms with E-state index in [0.29, 0.717) is 6.54 Å². The van der Waals surface area contributed by atoms with Crippen LogP contribution in [0.5, 0.6) is 0 Å². The first-order chi connectivity index (χ1) is 11.4. The van der Waals surface area contributed by atoms with Crippen LogP contribution in [-0.2, 0) is 11.3 Å². The number of hydrogen-bond donors (Lipinski definition) is 1. The Balaban J connectivity index is 2.04. The number of carbonyl (C=O) groups is 1. The number of likely N-dealkylation sites (N-methyl/N-ethyl adjacent to an activating group) is 1. The van der Waals surface area contributed by atoms with Crippen molar-refractivity contribution in [2.24, 2.45) is 0 Å². The summed E-state index contributed by atoms with van der Waals surface area (Å²) in [5.74, 6) is -0.288. The summed E-state index contributed by atoms with van der Waals surface area (Å²) >= 11 is 3.39. The Morgan fingerprint density at radius 3 is 2.50 bits per heavy atom. The minimum Gasteiger partial charge on any atom is -0.319 e. The highest BCUT2D eigenvalue weighted by Gasteiger charge is 2.21. The van der Waals surface area contributed by atoms with Crippen molar-refractivity contribution in [2.45, 2.75) is 19.5 Å². The number of halogens is 1. The maximum absolute atomic E-state index is 12.4. The number of nitrogens with one attached hydrogen (secondary N) is 1. The zero-order valence-corrected chi connectivity index (χ0v) is 15.0. The van der Waals surface area contributed by atoms with Crippen molar-refractivity contribution in [3.05, 3.63) is 68.7 Å². The van der Waals surface area contributed by atoms with Gasteiger partial charge in [0.1, 0.15) is 5.69 Å². The first-order valence-corrected chi connectivity index (χ1v) is 8.16. The molecule has 0 aliphatic carbocycles. The van der Waals surface area contributed by atoms with Gasteiger partial charge in [0.05, 0.1) is 11.0 Å². The van der Waals surface area contributed by atoms with Crippen LogP contribution in [-0.4, -0.2) is 28.8 Å². The van der Waals surface area contributed by atoms with Crippen LogP contribution >= 0.6 is 15.9 Å². The molecule has 0 bridgehead atoms. The van der Waals surface area contributed by atoms with E-state index in [1.165, 1.54) is 12.1 Å². The van der Waals surface area contributed by atoms with Crippen LogP contribution in [0.4, 0.5) is 11.4 Å². The Morgan fingerprint density at radius 2 is 1.88 bits per heavy atom. The first-order valence-electron chi connectivity index (χ1n) is 7.37.